The molecule has 3 heterocycles. The topological polar surface area (TPSA) is 65.9 Å². The van der Waals surface area contributed by atoms with E-state index in [-0.39, 0.29) is 37.1 Å². The molecular formula is C25H29N3O3. The average Bonchev–Trinajstić information content (AvgIpc) is 2.78. The van der Waals surface area contributed by atoms with Crippen LogP contribution < -0.4 is 0 Å². The number of pyridine rings is 1. The molecule has 1 N–H and O–H groups in total. The van der Waals surface area contributed by atoms with Crippen LogP contribution in [0.4, 0.5) is 0 Å². The van der Waals surface area contributed by atoms with Gasteiger partial charge in [-0.2, -0.15) is 0 Å². The van der Waals surface area contributed by atoms with Crippen molar-refractivity contribution in [3.8, 4) is 11.8 Å². The molecule has 1 aromatic carbocycles. The van der Waals surface area contributed by atoms with Gasteiger partial charge in [0, 0.05) is 61.7 Å². The lowest BCUT2D eigenvalue weighted by Crippen LogP contribution is -2.68. The van der Waals surface area contributed by atoms with Gasteiger partial charge in [-0.3, -0.25) is 14.7 Å². The molecule has 2 aliphatic heterocycles. The lowest BCUT2D eigenvalue weighted by molar-refractivity contribution is -0.140. The second-order valence-corrected chi connectivity index (χ2v) is 8.17. The Morgan fingerprint density at radius 3 is 2.65 bits per heavy atom. The zero-order valence-corrected chi connectivity index (χ0v) is 17.9. The van der Waals surface area contributed by atoms with Crippen LogP contribution in [-0.4, -0.2) is 77.8 Å². The molecule has 0 radical (unpaired) electrons. The lowest BCUT2D eigenvalue weighted by Gasteiger charge is -2.57. The Labute approximate surface area is 183 Å². The van der Waals surface area contributed by atoms with E-state index < -0.39 is 0 Å². The number of aliphatic hydroxyl groups excluding tert-OH is 1. The number of carbonyl (C=O) groups excluding carboxylic acids is 1. The van der Waals surface area contributed by atoms with Crippen LogP contribution in [0.2, 0.25) is 0 Å². The zero-order valence-electron chi connectivity index (χ0n) is 17.9. The summed E-state index contributed by atoms with van der Waals surface area (Å²) in [5, 5.41) is 10.1. The Kier molecular flexibility index (Phi) is 6.98. The monoisotopic (exact) mass is 419 g/mol. The van der Waals surface area contributed by atoms with E-state index in [2.05, 4.69) is 33.9 Å². The molecule has 2 aromatic rings. The number of ether oxygens (including phenoxy) is 1. The van der Waals surface area contributed by atoms with Gasteiger partial charge in [0.05, 0.1) is 6.61 Å². The normalized spacial score (nSPS) is 23.5. The number of carbonyl (C=O) groups is 1. The highest BCUT2D eigenvalue weighted by molar-refractivity contribution is 5.77. The number of hydrogen-bond donors (Lipinski definition) is 1. The molecule has 6 nitrogen and oxygen atoms in total. The maximum atomic E-state index is 12.5. The number of rotatable bonds is 4. The molecule has 0 aliphatic carbocycles. The number of hydrogen-bond acceptors (Lipinski definition) is 5. The van der Waals surface area contributed by atoms with Crippen LogP contribution in [0.25, 0.3) is 0 Å². The van der Waals surface area contributed by atoms with E-state index in [4.69, 9.17) is 4.74 Å². The lowest BCUT2D eigenvalue weighted by atomic mass is 9.74. The first kappa shape index (κ1) is 21.5. The summed E-state index contributed by atoms with van der Waals surface area (Å²) in [5.41, 5.74) is 3.02. The van der Waals surface area contributed by atoms with E-state index >= 15 is 0 Å². The van der Waals surface area contributed by atoms with Crippen molar-refractivity contribution in [1.82, 2.24) is 14.8 Å². The summed E-state index contributed by atoms with van der Waals surface area (Å²) in [5.74, 6) is 6.55. The molecule has 3 atom stereocenters. The third kappa shape index (κ3) is 4.80. The summed E-state index contributed by atoms with van der Waals surface area (Å²) in [7, 11) is 1.56. The highest BCUT2D eigenvalue weighted by Gasteiger charge is 2.49. The second-order valence-electron chi connectivity index (χ2n) is 8.17. The number of amides is 1. The van der Waals surface area contributed by atoms with Gasteiger partial charge in [-0.25, -0.2) is 0 Å². The summed E-state index contributed by atoms with van der Waals surface area (Å²) in [6, 6.07) is 12.4. The van der Waals surface area contributed by atoms with Gasteiger partial charge < -0.3 is 14.7 Å². The molecule has 0 saturated carbocycles. The van der Waals surface area contributed by atoms with Crippen molar-refractivity contribution in [2.24, 2.45) is 0 Å². The first-order valence-electron chi connectivity index (χ1n) is 10.9. The molecule has 0 spiro atoms. The van der Waals surface area contributed by atoms with Crippen LogP contribution in [0.15, 0.2) is 48.8 Å². The highest BCUT2D eigenvalue weighted by Crippen LogP contribution is 2.41. The number of fused-ring (bicyclic) bond motifs is 1. The molecule has 1 aromatic heterocycles. The molecular weight excluding hydrogens is 390 g/mol. The summed E-state index contributed by atoms with van der Waals surface area (Å²) >= 11 is 0. The molecule has 1 amide bonds. The summed E-state index contributed by atoms with van der Waals surface area (Å²) < 4.78 is 5.07. The van der Waals surface area contributed by atoms with Gasteiger partial charge in [0.25, 0.3) is 0 Å². The maximum Gasteiger partial charge on any atom is 0.248 e. The molecule has 0 unspecified atom stereocenters. The van der Waals surface area contributed by atoms with Crippen LogP contribution in [0, 0.1) is 11.8 Å². The number of benzene rings is 1. The minimum atomic E-state index is 0.0385. The third-order valence-corrected chi connectivity index (χ3v) is 6.30. The van der Waals surface area contributed by atoms with Crippen LogP contribution in [0.1, 0.15) is 35.4 Å². The summed E-state index contributed by atoms with van der Waals surface area (Å²) in [4.78, 5) is 20.9. The molecule has 2 fully saturated rings. The highest BCUT2D eigenvalue weighted by atomic mass is 16.5. The molecule has 6 heteroatoms. The van der Waals surface area contributed by atoms with E-state index in [0.29, 0.717) is 6.54 Å². The summed E-state index contributed by atoms with van der Waals surface area (Å²) in [6.07, 6.45) is 5.49. The van der Waals surface area contributed by atoms with Gasteiger partial charge in [-0.1, -0.05) is 24.0 Å². The van der Waals surface area contributed by atoms with Gasteiger partial charge >= 0.3 is 0 Å². The van der Waals surface area contributed by atoms with Crippen LogP contribution in [0.3, 0.4) is 0 Å². The maximum absolute atomic E-state index is 12.5. The number of aromatic nitrogens is 1. The van der Waals surface area contributed by atoms with Crippen LogP contribution in [0.5, 0.6) is 0 Å². The number of nitrogens with zero attached hydrogens (tertiary/aromatic N) is 3. The van der Waals surface area contributed by atoms with Crippen molar-refractivity contribution in [1.29, 1.82) is 0 Å². The van der Waals surface area contributed by atoms with Gasteiger partial charge in [0.2, 0.25) is 5.91 Å². The van der Waals surface area contributed by atoms with E-state index in [0.717, 1.165) is 37.1 Å². The molecule has 2 saturated heterocycles. The van der Waals surface area contributed by atoms with E-state index in [9.17, 15) is 9.90 Å². The predicted octanol–water partition coefficient (Wildman–Crippen LogP) is 1.88. The first-order valence-corrected chi connectivity index (χ1v) is 10.9. The third-order valence-electron chi connectivity index (χ3n) is 6.30. The quantitative estimate of drug-likeness (QED) is 0.767. The average molecular weight is 420 g/mol. The Morgan fingerprint density at radius 2 is 1.94 bits per heavy atom. The Morgan fingerprint density at radius 1 is 1.16 bits per heavy atom. The number of aliphatic hydroxyl groups is 1. The minimum Gasteiger partial charge on any atom is -0.395 e. The van der Waals surface area contributed by atoms with E-state index in [1.165, 1.54) is 5.56 Å². The Balaban J connectivity index is 1.51. The van der Waals surface area contributed by atoms with Crippen molar-refractivity contribution in [3.05, 3.63) is 65.5 Å². The van der Waals surface area contributed by atoms with Crippen molar-refractivity contribution in [2.75, 3.05) is 40.0 Å². The van der Waals surface area contributed by atoms with Gasteiger partial charge in [-0.15, -0.1) is 0 Å². The molecule has 31 heavy (non-hydrogen) atoms. The van der Waals surface area contributed by atoms with E-state index in [1.54, 1.807) is 19.5 Å². The number of methoxy groups -OCH3 is 1. The van der Waals surface area contributed by atoms with Gasteiger partial charge in [0.1, 0.15) is 6.61 Å². The fourth-order valence-corrected chi connectivity index (χ4v) is 4.75. The van der Waals surface area contributed by atoms with Crippen molar-refractivity contribution < 1.29 is 14.6 Å². The van der Waals surface area contributed by atoms with Crippen molar-refractivity contribution >= 4 is 5.91 Å². The van der Waals surface area contributed by atoms with Gasteiger partial charge in [0.15, 0.2) is 0 Å². The largest absolute Gasteiger partial charge is 0.395 e. The Bertz CT molecular complexity index is 936. The van der Waals surface area contributed by atoms with Gasteiger partial charge in [-0.05, 0) is 49.2 Å². The molecule has 2 aliphatic rings. The minimum absolute atomic E-state index is 0.0385. The zero-order chi connectivity index (χ0) is 21.6. The SMILES string of the molecule is COCC(=O)N1CCCCN2[C@H](CO)[C@@H](c3ccc(C#Cc4cccnc4)cc3)[C@@H]2C1. The molecule has 162 valence electrons. The fourth-order valence-electron chi connectivity index (χ4n) is 4.75. The van der Waals surface area contributed by atoms with Crippen molar-refractivity contribution in [3.63, 3.8) is 0 Å². The Hall–Kier alpha value is -2.72. The fraction of sp³-hybridized carbons (Fsp3) is 0.440. The van der Waals surface area contributed by atoms with E-state index in [1.807, 2.05) is 29.2 Å². The van der Waals surface area contributed by atoms with Crippen LogP contribution >= 0.6 is 0 Å². The smallest absolute Gasteiger partial charge is 0.248 e. The van der Waals surface area contributed by atoms with Crippen LogP contribution in [-0.2, 0) is 9.53 Å². The standard InChI is InChI=1S/C25H29N3O3/c1-31-18-24(30)27-13-2-3-14-28-22(16-27)25(23(28)17-29)21-10-8-19(9-11-21)6-7-20-5-4-12-26-15-20/h4-5,8-12,15,22-23,25,29H,2-3,13-14,16-18H2,1H3/t22-,23+,25-/m0/s1. The molecule has 0 bridgehead atoms. The predicted molar refractivity (Wildman–Crippen MR) is 118 cm³/mol. The first-order chi connectivity index (χ1) is 15.2. The second kappa shape index (κ2) is 10.1. The summed E-state index contributed by atoms with van der Waals surface area (Å²) in [6.45, 7) is 2.64. The van der Waals surface area contributed by atoms with Crippen molar-refractivity contribution in [2.45, 2.75) is 30.8 Å². The molecule has 4 rings (SSSR count).